The number of nitro benzene ring substituents is 1. The Morgan fingerprint density at radius 1 is 1.61 bits per heavy atom. The number of nitrogens with two attached hydrogens (primary N) is 1. The number of carbonyl (C=O) groups excluding carboxylic acids is 1. The van der Waals surface area contributed by atoms with Crippen molar-refractivity contribution in [3.63, 3.8) is 0 Å². The van der Waals surface area contributed by atoms with Crippen molar-refractivity contribution >= 4 is 28.9 Å². The average Bonchev–Trinajstić information content (AvgIpc) is 2.29. The van der Waals surface area contributed by atoms with E-state index in [9.17, 15) is 14.9 Å². The van der Waals surface area contributed by atoms with Gasteiger partial charge >= 0.3 is 0 Å². The zero-order chi connectivity index (χ0) is 13.7. The lowest BCUT2D eigenvalue weighted by Crippen LogP contribution is -2.19. The number of carbonyl (C=O) groups is 1. The third-order valence-corrected chi connectivity index (χ3v) is 2.58. The van der Waals surface area contributed by atoms with Gasteiger partial charge in [-0.05, 0) is 19.4 Å². The van der Waals surface area contributed by atoms with Gasteiger partial charge < -0.3 is 11.1 Å². The molecule has 0 fully saturated rings. The van der Waals surface area contributed by atoms with Crippen LogP contribution in [0.25, 0.3) is 0 Å². The molecule has 98 valence electrons. The van der Waals surface area contributed by atoms with E-state index in [1.807, 2.05) is 6.92 Å². The number of anilines is 1. The van der Waals surface area contributed by atoms with E-state index in [-0.39, 0.29) is 29.1 Å². The normalized spacial score (nSPS) is 11.9. The molecule has 6 nitrogen and oxygen atoms in total. The maximum Gasteiger partial charge on any atom is 0.271 e. The summed E-state index contributed by atoms with van der Waals surface area (Å²) >= 11 is 5.84. The van der Waals surface area contributed by atoms with Crippen molar-refractivity contribution in [1.82, 2.24) is 0 Å². The highest BCUT2D eigenvalue weighted by Crippen LogP contribution is 2.26. The van der Waals surface area contributed by atoms with Crippen LogP contribution in [0.1, 0.15) is 19.8 Å². The van der Waals surface area contributed by atoms with Crippen LogP contribution in [0.3, 0.4) is 0 Å². The van der Waals surface area contributed by atoms with Crippen LogP contribution in [-0.2, 0) is 4.79 Å². The number of hydrogen-bond acceptors (Lipinski definition) is 4. The number of nitrogens with zero attached hydrogens (tertiary/aromatic N) is 1. The Balaban J connectivity index is 2.68. The summed E-state index contributed by atoms with van der Waals surface area (Å²) in [5.41, 5.74) is 5.78. The number of non-ortho nitro benzene ring substituents is 1. The predicted octanol–water partition coefficient (Wildman–Crippen LogP) is 2.31. The molecular formula is C11H14ClN3O3. The molecule has 0 saturated heterocycles. The summed E-state index contributed by atoms with van der Waals surface area (Å²) in [5, 5.41) is 13.2. The monoisotopic (exact) mass is 271 g/mol. The first-order valence-electron chi connectivity index (χ1n) is 5.39. The summed E-state index contributed by atoms with van der Waals surface area (Å²) in [6.45, 7) is 1.81. The molecule has 0 spiro atoms. The Morgan fingerprint density at radius 3 is 2.78 bits per heavy atom. The summed E-state index contributed by atoms with van der Waals surface area (Å²) in [4.78, 5) is 21.5. The van der Waals surface area contributed by atoms with Crippen molar-refractivity contribution in [2.24, 2.45) is 5.73 Å². The molecule has 0 heterocycles. The minimum atomic E-state index is -0.548. The van der Waals surface area contributed by atoms with Gasteiger partial charge in [-0.2, -0.15) is 0 Å². The van der Waals surface area contributed by atoms with Gasteiger partial charge in [0.2, 0.25) is 5.91 Å². The molecule has 3 N–H and O–H groups in total. The molecular weight excluding hydrogens is 258 g/mol. The number of nitro groups is 1. The molecule has 1 rings (SSSR count). The lowest BCUT2D eigenvalue weighted by Gasteiger charge is -2.08. The molecule has 0 bridgehead atoms. The van der Waals surface area contributed by atoms with Crippen LogP contribution in [0.2, 0.25) is 5.02 Å². The fourth-order valence-electron chi connectivity index (χ4n) is 1.29. The zero-order valence-corrected chi connectivity index (χ0v) is 10.6. The van der Waals surface area contributed by atoms with Gasteiger partial charge in [0.15, 0.2) is 0 Å². The molecule has 0 radical (unpaired) electrons. The minimum absolute atomic E-state index is 0.0527. The molecule has 0 aromatic heterocycles. The van der Waals surface area contributed by atoms with Crippen molar-refractivity contribution in [2.75, 3.05) is 5.32 Å². The first-order chi connectivity index (χ1) is 8.40. The molecule has 0 aliphatic rings. The number of hydrogen-bond donors (Lipinski definition) is 2. The highest BCUT2D eigenvalue weighted by molar-refractivity contribution is 6.33. The van der Waals surface area contributed by atoms with E-state index in [2.05, 4.69) is 5.32 Å². The highest BCUT2D eigenvalue weighted by atomic mass is 35.5. The number of nitrogens with one attached hydrogen (secondary N) is 1. The Bertz CT molecular complexity index is 463. The number of rotatable bonds is 5. The number of benzene rings is 1. The van der Waals surface area contributed by atoms with E-state index in [0.29, 0.717) is 12.1 Å². The maximum atomic E-state index is 11.5. The fourth-order valence-corrected chi connectivity index (χ4v) is 1.51. The Labute approximate surface area is 109 Å². The third-order valence-electron chi connectivity index (χ3n) is 2.26. The maximum absolute atomic E-state index is 11.5. The Hall–Kier alpha value is -1.66. The van der Waals surface area contributed by atoms with Gasteiger partial charge in [0.25, 0.3) is 5.69 Å². The lowest BCUT2D eigenvalue weighted by molar-refractivity contribution is -0.384. The van der Waals surface area contributed by atoms with Gasteiger partial charge in [-0.15, -0.1) is 0 Å². The first-order valence-corrected chi connectivity index (χ1v) is 5.77. The smallest absolute Gasteiger partial charge is 0.271 e. The molecule has 1 amide bonds. The van der Waals surface area contributed by atoms with Crippen LogP contribution in [0.4, 0.5) is 11.4 Å². The van der Waals surface area contributed by atoms with E-state index in [0.717, 1.165) is 0 Å². The second-order valence-corrected chi connectivity index (χ2v) is 4.39. The standard InChI is InChI=1S/C11H14ClN3O3/c1-7(13)2-5-11(16)14-10-4-3-8(15(17)18)6-9(10)12/h3-4,6-7H,2,5,13H2,1H3,(H,14,16). The van der Waals surface area contributed by atoms with E-state index in [1.54, 1.807) is 0 Å². The summed E-state index contributed by atoms with van der Waals surface area (Å²) in [6.07, 6.45) is 0.849. The van der Waals surface area contributed by atoms with Crippen LogP contribution in [0.15, 0.2) is 18.2 Å². The van der Waals surface area contributed by atoms with Crippen molar-refractivity contribution in [3.05, 3.63) is 33.3 Å². The number of amides is 1. The van der Waals surface area contributed by atoms with Crippen LogP contribution in [0.5, 0.6) is 0 Å². The summed E-state index contributed by atoms with van der Waals surface area (Å²) in [6, 6.07) is 3.84. The van der Waals surface area contributed by atoms with Crippen molar-refractivity contribution in [2.45, 2.75) is 25.8 Å². The van der Waals surface area contributed by atoms with Gasteiger partial charge in [-0.1, -0.05) is 11.6 Å². The first kappa shape index (κ1) is 14.4. The lowest BCUT2D eigenvalue weighted by atomic mass is 10.2. The second-order valence-electron chi connectivity index (χ2n) is 3.99. The van der Waals surface area contributed by atoms with Gasteiger partial charge in [-0.25, -0.2) is 0 Å². The van der Waals surface area contributed by atoms with Crippen LogP contribution in [-0.4, -0.2) is 16.9 Å². The molecule has 1 aromatic carbocycles. The van der Waals surface area contributed by atoms with E-state index < -0.39 is 4.92 Å². The number of halogens is 1. The van der Waals surface area contributed by atoms with Crippen molar-refractivity contribution in [1.29, 1.82) is 0 Å². The van der Waals surface area contributed by atoms with E-state index in [4.69, 9.17) is 17.3 Å². The molecule has 1 atom stereocenters. The molecule has 18 heavy (non-hydrogen) atoms. The molecule has 1 aromatic rings. The average molecular weight is 272 g/mol. The molecule has 1 unspecified atom stereocenters. The minimum Gasteiger partial charge on any atom is -0.328 e. The third kappa shape index (κ3) is 4.31. The molecule has 0 saturated carbocycles. The largest absolute Gasteiger partial charge is 0.328 e. The van der Waals surface area contributed by atoms with Gasteiger partial charge in [0, 0.05) is 24.6 Å². The van der Waals surface area contributed by atoms with Crippen LogP contribution >= 0.6 is 11.6 Å². The second kappa shape index (κ2) is 6.32. The predicted molar refractivity (Wildman–Crippen MR) is 69.6 cm³/mol. The van der Waals surface area contributed by atoms with Crippen molar-refractivity contribution in [3.8, 4) is 0 Å². The SMILES string of the molecule is CC(N)CCC(=O)Nc1ccc([N+](=O)[O-])cc1Cl. The zero-order valence-electron chi connectivity index (χ0n) is 9.85. The highest BCUT2D eigenvalue weighted by Gasteiger charge is 2.11. The quantitative estimate of drug-likeness (QED) is 0.634. The Morgan fingerprint density at radius 2 is 2.28 bits per heavy atom. The summed E-state index contributed by atoms with van der Waals surface area (Å²) in [7, 11) is 0. The molecule has 0 aliphatic carbocycles. The molecule has 0 aliphatic heterocycles. The van der Waals surface area contributed by atoms with Crippen molar-refractivity contribution < 1.29 is 9.72 Å². The fraction of sp³-hybridized carbons (Fsp3) is 0.364. The summed E-state index contributed by atoms with van der Waals surface area (Å²) < 4.78 is 0. The van der Waals surface area contributed by atoms with Crippen LogP contribution in [0, 0.1) is 10.1 Å². The Kier molecular flexibility index (Phi) is 5.06. The molecule has 7 heteroatoms. The summed E-state index contributed by atoms with van der Waals surface area (Å²) in [5.74, 6) is -0.219. The van der Waals surface area contributed by atoms with Gasteiger partial charge in [0.1, 0.15) is 0 Å². The van der Waals surface area contributed by atoms with Crippen LogP contribution < -0.4 is 11.1 Å². The van der Waals surface area contributed by atoms with Gasteiger partial charge in [-0.3, -0.25) is 14.9 Å². The van der Waals surface area contributed by atoms with Gasteiger partial charge in [0.05, 0.1) is 15.6 Å². The van der Waals surface area contributed by atoms with E-state index >= 15 is 0 Å². The topological polar surface area (TPSA) is 98.3 Å². The van der Waals surface area contributed by atoms with E-state index in [1.165, 1.54) is 18.2 Å².